The molecule has 0 radical (unpaired) electrons. The molecule has 0 saturated carbocycles. The molecule has 0 saturated heterocycles. The standard InChI is InChI=1S/C16H21NO5/c1-3-5-6-7-8-14(4-2)21-16(18)22-15-11-9-13(10-12-15)17(19)20/h7-12,14H,3-6H2,1-2H3/b8-7+. The Morgan fingerprint density at radius 1 is 1.32 bits per heavy atom. The third-order valence-electron chi connectivity index (χ3n) is 2.97. The smallest absolute Gasteiger partial charge is 0.426 e. The van der Waals surface area contributed by atoms with Crippen LogP contribution in [0.15, 0.2) is 36.4 Å². The van der Waals surface area contributed by atoms with Gasteiger partial charge in [-0.15, -0.1) is 0 Å². The average Bonchev–Trinajstić information content (AvgIpc) is 2.50. The van der Waals surface area contributed by atoms with E-state index >= 15 is 0 Å². The number of nitrogens with zero attached hydrogens (tertiary/aromatic N) is 1. The molecule has 0 amide bonds. The molecule has 1 aromatic carbocycles. The Hall–Kier alpha value is -2.37. The Bertz CT molecular complexity index is 510. The van der Waals surface area contributed by atoms with Gasteiger partial charge in [0.05, 0.1) is 4.92 Å². The first-order valence-corrected chi connectivity index (χ1v) is 7.36. The second-order valence-corrected chi connectivity index (χ2v) is 4.74. The Kier molecular flexibility index (Phi) is 7.67. The van der Waals surface area contributed by atoms with Crippen LogP contribution in [-0.2, 0) is 4.74 Å². The molecule has 1 aromatic rings. The summed E-state index contributed by atoms with van der Waals surface area (Å²) in [6.07, 6.45) is 6.52. The maximum Gasteiger partial charge on any atom is 0.514 e. The van der Waals surface area contributed by atoms with E-state index in [1.807, 2.05) is 19.1 Å². The van der Waals surface area contributed by atoms with Crippen LogP contribution < -0.4 is 4.74 Å². The van der Waals surface area contributed by atoms with Crippen LogP contribution in [-0.4, -0.2) is 17.2 Å². The number of ether oxygens (including phenoxy) is 2. The molecule has 0 aliphatic carbocycles. The van der Waals surface area contributed by atoms with Crippen molar-refractivity contribution in [2.24, 2.45) is 0 Å². The maximum absolute atomic E-state index is 11.7. The van der Waals surface area contributed by atoms with Gasteiger partial charge in [0.1, 0.15) is 11.9 Å². The quantitative estimate of drug-likeness (QED) is 0.175. The zero-order valence-electron chi connectivity index (χ0n) is 12.9. The first-order valence-electron chi connectivity index (χ1n) is 7.36. The van der Waals surface area contributed by atoms with Gasteiger partial charge in [0.2, 0.25) is 0 Å². The first-order chi connectivity index (χ1) is 10.6. The van der Waals surface area contributed by atoms with Gasteiger partial charge in [-0.1, -0.05) is 32.8 Å². The van der Waals surface area contributed by atoms with E-state index in [-0.39, 0.29) is 17.5 Å². The lowest BCUT2D eigenvalue weighted by atomic mass is 10.2. The third-order valence-corrected chi connectivity index (χ3v) is 2.97. The summed E-state index contributed by atoms with van der Waals surface area (Å²) in [5, 5.41) is 10.5. The molecule has 0 aliphatic rings. The molecule has 1 atom stereocenters. The van der Waals surface area contributed by atoms with Gasteiger partial charge in [-0.05, 0) is 31.1 Å². The van der Waals surface area contributed by atoms with Crippen LogP contribution in [0.2, 0.25) is 0 Å². The number of allylic oxidation sites excluding steroid dienone is 1. The molecule has 0 aromatic heterocycles. The normalized spacial score (nSPS) is 12.1. The first kappa shape index (κ1) is 17.7. The summed E-state index contributed by atoms with van der Waals surface area (Å²) in [7, 11) is 0. The van der Waals surface area contributed by atoms with Crippen LogP contribution in [0.5, 0.6) is 5.75 Å². The van der Waals surface area contributed by atoms with Crippen molar-refractivity contribution in [1.29, 1.82) is 0 Å². The molecule has 0 spiro atoms. The van der Waals surface area contributed by atoms with E-state index in [1.54, 1.807) is 0 Å². The van der Waals surface area contributed by atoms with Crippen molar-refractivity contribution < 1.29 is 19.2 Å². The average molecular weight is 307 g/mol. The van der Waals surface area contributed by atoms with E-state index in [0.717, 1.165) is 19.3 Å². The molecule has 22 heavy (non-hydrogen) atoms. The Morgan fingerprint density at radius 3 is 2.55 bits per heavy atom. The second-order valence-electron chi connectivity index (χ2n) is 4.74. The Labute approximate surface area is 129 Å². The van der Waals surface area contributed by atoms with Crippen LogP contribution in [0.25, 0.3) is 0 Å². The number of nitro benzene ring substituents is 1. The van der Waals surface area contributed by atoms with Gasteiger partial charge >= 0.3 is 6.16 Å². The summed E-state index contributed by atoms with van der Waals surface area (Å²) < 4.78 is 10.2. The minimum atomic E-state index is -0.819. The lowest BCUT2D eigenvalue weighted by Crippen LogP contribution is -2.18. The van der Waals surface area contributed by atoms with Crippen LogP contribution >= 0.6 is 0 Å². The van der Waals surface area contributed by atoms with Gasteiger partial charge in [0, 0.05) is 12.1 Å². The fraction of sp³-hybridized carbons (Fsp3) is 0.438. The van der Waals surface area contributed by atoms with Crippen molar-refractivity contribution in [2.45, 2.75) is 45.6 Å². The molecule has 6 heteroatoms. The van der Waals surface area contributed by atoms with Crippen LogP contribution in [0, 0.1) is 10.1 Å². The number of hydrogen-bond acceptors (Lipinski definition) is 5. The molecule has 0 heterocycles. The van der Waals surface area contributed by atoms with Gasteiger partial charge in [0.25, 0.3) is 5.69 Å². The van der Waals surface area contributed by atoms with Gasteiger partial charge in [-0.2, -0.15) is 0 Å². The predicted octanol–water partition coefficient (Wildman–Crippen LogP) is 4.64. The highest BCUT2D eigenvalue weighted by atomic mass is 16.7. The zero-order chi connectivity index (χ0) is 16.4. The molecule has 0 N–H and O–H groups in total. The number of hydrogen-bond donors (Lipinski definition) is 0. The van der Waals surface area contributed by atoms with E-state index in [4.69, 9.17) is 9.47 Å². The second kappa shape index (κ2) is 9.55. The number of rotatable bonds is 8. The summed E-state index contributed by atoms with van der Waals surface area (Å²) in [5.74, 6) is 0.209. The predicted molar refractivity (Wildman–Crippen MR) is 82.9 cm³/mol. The third kappa shape index (κ3) is 6.39. The number of unbranched alkanes of at least 4 members (excludes halogenated alkanes) is 2. The van der Waals surface area contributed by atoms with E-state index < -0.39 is 11.1 Å². The SMILES string of the molecule is CCCC/C=C/C(CC)OC(=O)Oc1ccc([N+](=O)[O-])cc1. The van der Waals surface area contributed by atoms with Crippen LogP contribution in [0.1, 0.15) is 39.5 Å². The molecule has 0 aliphatic heterocycles. The zero-order valence-corrected chi connectivity index (χ0v) is 12.9. The van der Waals surface area contributed by atoms with Gasteiger partial charge in [-0.25, -0.2) is 4.79 Å². The fourth-order valence-electron chi connectivity index (χ4n) is 1.71. The molecule has 0 fully saturated rings. The molecule has 120 valence electrons. The molecule has 1 rings (SSSR count). The number of carbonyl (C=O) groups is 1. The highest BCUT2D eigenvalue weighted by Gasteiger charge is 2.13. The number of benzene rings is 1. The van der Waals surface area contributed by atoms with Crippen molar-refractivity contribution in [1.82, 2.24) is 0 Å². The number of carbonyl (C=O) groups excluding carboxylic acids is 1. The highest BCUT2D eigenvalue weighted by molar-refractivity contribution is 5.64. The lowest BCUT2D eigenvalue weighted by molar-refractivity contribution is -0.384. The maximum atomic E-state index is 11.7. The summed E-state index contributed by atoms with van der Waals surface area (Å²) in [5.41, 5.74) is -0.0639. The van der Waals surface area contributed by atoms with E-state index in [9.17, 15) is 14.9 Å². The molecule has 0 bridgehead atoms. The minimum Gasteiger partial charge on any atom is -0.426 e. The highest BCUT2D eigenvalue weighted by Crippen LogP contribution is 2.18. The summed E-state index contributed by atoms with van der Waals surface area (Å²) in [6.45, 7) is 4.02. The minimum absolute atomic E-state index is 0.0639. The van der Waals surface area contributed by atoms with Crippen molar-refractivity contribution in [2.75, 3.05) is 0 Å². The Morgan fingerprint density at radius 2 is 2.00 bits per heavy atom. The Balaban J connectivity index is 2.49. The molecular weight excluding hydrogens is 286 g/mol. The molecular formula is C16H21NO5. The van der Waals surface area contributed by atoms with Crippen molar-refractivity contribution in [3.63, 3.8) is 0 Å². The van der Waals surface area contributed by atoms with Crippen LogP contribution in [0.4, 0.5) is 10.5 Å². The van der Waals surface area contributed by atoms with Crippen molar-refractivity contribution >= 4 is 11.8 Å². The molecule has 1 unspecified atom stereocenters. The van der Waals surface area contributed by atoms with Crippen molar-refractivity contribution in [3.8, 4) is 5.75 Å². The summed E-state index contributed by atoms with van der Waals surface area (Å²) >= 11 is 0. The lowest BCUT2D eigenvalue weighted by Gasteiger charge is -2.12. The van der Waals surface area contributed by atoms with E-state index in [2.05, 4.69) is 6.92 Å². The largest absolute Gasteiger partial charge is 0.514 e. The number of non-ortho nitro benzene ring substituents is 1. The number of nitro groups is 1. The summed E-state index contributed by atoms with van der Waals surface area (Å²) in [6, 6.07) is 5.25. The van der Waals surface area contributed by atoms with Gasteiger partial charge in [-0.3, -0.25) is 10.1 Å². The topological polar surface area (TPSA) is 78.7 Å². The van der Waals surface area contributed by atoms with Gasteiger partial charge in [0.15, 0.2) is 0 Å². The van der Waals surface area contributed by atoms with Crippen LogP contribution in [0.3, 0.4) is 0 Å². The molecule has 6 nitrogen and oxygen atoms in total. The van der Waals surface area contributed by atoms with E-state index in [0.29, 0.717) is 6.42 Å². The van der Waals surface area contributed by atoms with Crippen molar-refractivity contribution in [3.05, 3.63) is 46.5 Å². The monoisotopic (exact) mass is 307 g/mol. The summed E-state index contributed by atoms with van der Waals surface area (Å²) in [4.78, 5) is 21.7. The van der Waals surface area contributed by atoms with E-state index in [1.165, 1.54) is 24.3 Å². The van der Waals surface area contributed by atoms with Gasteiger partial charge < -0.3 is 9.47 Å². The fourth-order valence-corrected chi connectivity index (χ4v) is 1.71.